The second-order valence-electron chi connectivity index (χ2n) is 6.42. The van der Waals surface area contributed by atoms with Crippen molar-refractivity contribution in [2.24, 2.45) is 0 Å². The van der Waals surface area contributed by atoms with Gasteiger partial charge in [0.2, 0.25) is 0 Å². The molecule has 1 aromatic carbocycles. The molecule has 1 aromatic rings. The number of carboxylic acid groups (broad SMARTS) is 1. The molecule has 4 nitrogen and oxygen atoms in total. The van der Waals surface area contributed by atoms with Crippen molar-refractivity contribution in [1.29, 1.82) is 0 Å². The SMILES string of the molecule is Cc1cccc(N(C)CCCC(C)(NC2CC2)C(=O)O)c1. The van der Waals surface area contributed by atoms with E-state index < -0.39 is 11.5 Å². The molecule has 1 aliphatic carbocycles. The zero-order valence-electron chi connectivity index (χ0n) is 13.2. The summed E-state index contributed by atoms with van der Waals surface area (Å²) in [5.74, 6) is -0.743. The molecule has 2 N–H and O–H groups in total. The van der Waals surface area contributed by atoms with Crippen LogP contribution in [0.2, 0.25) is 0 Å². The number of rotatable bonds is 8. The monoisotopic (exact) mass is 290 g/mol. The Labute approximate surface area is 127 Å². The molecular formula is C17H26N2O2. The number of carboxylic acids is 1. The summed E-state index contributed by atoms with van der Waals surface area (Å²) in [6.45, 7) is 4.75. The van der Waals surface area contributed by atoms with Crippen LogP contribution in [0, 0.1) is 6.92 Å². The lowest BCUT2D eigenvalue weighted by atomic mass is 9.95. The van der Waals surface area contributed by atoms with Gasteiger partial charge in [0, 0.05) is 25.3 Å². The molecular weight excluding hydrogens is 264 g/mol. The number of hydrogen-bond donors (Lipinski definition) is 2. The van der Waals surface area contributed by atoms with E-state index in [1.165, 1.54) is 11.3 Å². The Morgan fingerprint density at radius 1 is 1.48 bits per heavy atom. The van der Waals surface area contributed by atoms with Crippen molar-refractivity contribution in [3.63, 3.8) is 0 Å². The Balaban J connectivity index is 1.85. The predicted octanol–water partition coefficient (Wildman–Crippen LogP) is 2.81. The van der Waals surface area contributed by atoms with E-state index in [2.05, 4.69) is 48.5 Å². The molecule has 0 heterocycles. The molecule has 0 radical (unpaired) electrons. The lowest BCUT2D eigenvalue weighted by Crippen LogP contribution is -2.50. The molecule has 1 fully saturated rings. The third-order valence-corrected chi connectivity index (χ3v) is 4.18. The number of hydrogen-bond acceptors (Lipinski definition) is 3. The number of benzene rings is 1. The first-order valence-corrected chi connectivity index (χ1v) is 7.69. The van der Waals surface area contributed by atoms with Gasteiger partial charge in [0.25, 0.3) is 0 Å². The standard InChI is InChI=1S/C17H26N2O2/c1-13-6-4-7-15(12-13)19(3)11-5-10-17(2,16(20)21)18-14-8-9-14/h4,6-7,12,14,18H,5,8-11H2,1-3H3,(H,20,21). The first-order valence-electron chi connectivity index (χ1n) is 7.69. The van der Waals surface area contributed by atoms with E-state index in [-0.39, 0.29) is 0 Å². The van der Waals surface area contributed by atoms with E-state index in [9.17, 15) is 9.90 Å². The Kier molecular flexibility index (Phi) is 4.88. The van der Waals surface area contributed by atoms with Crippen LogP contribution in [0.25, 0.3) is 0 Å². The molecule has 116 valence electrons. The Morgan fingerprint density at radius 2 is 2.19 bits per heavy atom. The molecule has 1 aliphatic rings. The van der Waals surface area contributed by atoms with E-state index in [0.717, 1.165) is 25.8 Å². The Bertz CT molecular complexity index is 499. The number of nitrogens with zero attached hydrogens (tertiary/aromatic N) is 1. The smallest absolute Gasteiger partial charge is 0.323 e. The second-order valence-corrected chi connectivity index (χ2v) is 6.42. The van der Waals surface area contributed by atoms with Crippen molar-refractivity contribution in [3.8, 4) is 0 Å². The first-order chi connectivity index (χ1) is 9.90. The first kappa shape index (κ1) is 15.8. The van der Waals surface area contributed by atoms with E-state index in [1.54, 1.807) is 6.92 Å². The van der Waals surface area contributed by atoms with Crippen LogP contribution in [0.1, 0.15) is 38.2 Å². The minimum atomic E-state index is -0.797. The van der Waals surface area contributed by atoms with Crippen LogP contribution in [0.5, 0.6) is 0 Å². The third kappa shape index (κ3) is 4.46. The van der Waals surface area contributed by atoms with Crippen LogP contribution < -0.4 is 10.2 Å². The number of aliphatic carboxylic acids is 1. The molecule has 0 aliphatic heterocycles. The Hall–Kier alpha value is -1.55. The van der Waals surface area contributed by atoms with Crippen molar-refractivity contribution in [2.45, 2.75) is 51.1 Å². The maximum absolute atomic E-state index is 11.5. The summed E-state index contributed by atoms with van der Waals surface area (Å²) in [4.78, 5) is 13.7. The van der Waals surface area contributed by atoms with E-state index in [1.807, 2.05) is 0 Å². The Morgan fingerprint density at radius 3 is 2.76 bits per heavy atom. The topological polar surface area (TPSA) is 52.6 Å². The van der Waals surface area contributed by atoms with Gasteiger partial charge in [0.05, 0.1) is 0 Å². The molecule has 0 amide bonds. The highest BCUT2D eigenvalue weighted by atomic mass is 16.4. The van der Waals surface area contributed by atoms with Crippen LogP contribution >= 0.6 is 0 Å². The summed E-state index contributed by atoms with van der Waals surface area (Å²) in [6.07, 6.45) is 3.71. The molecule has 1 saturated carbocycles. The summed E-state index contributed by atoms with van der Waals surface area (Å²) in [5.41, 5.74) is 1.63. The fourth-order valence-electron chi connectivity index (χ4n) is 2.58. The van der Waals surface area contributed by atoms with Crippen molar-refractivity contribution in [1.82, 2.24) is 5.32 Å². The van der Waals surface area contributed by atoms with Gasteiger partial charge < -0.3 is 10.0 Å². The summed E-state index contributed by atoms with van der Waals surface area (Å²) in [5, 5.41) is 12.7. The summed E-state index contributed by atoms with van der Waals surface area (Å²) < 4.78 is 0. The van der Waals surface area contributed by atoms with Crippen molar-refractivity contribution < 1.29 is 9.90 Å². The fraction of sp³-hybridized carbons (Fsp3) is 0.588. The van der Waals surface area contributed by atoms with Gasteiger partial charge in [-0.25, -0.2) is 0 Å². The van der Waals surface area contributed by atoms with Crippen LogP contribution in [-0.4, -0.2) is 36.2 Å². The number of nitrogens with one attached hydrogen (secondary N) is 1. The predicted molar refractivity (Wildman–Crippen MR) is 85.9 cm³/mol. The van der Waals surface area contributed by atoms with E-state index in [4.69, 9.17) is 0 Å². The summed E-state index contributed by atoms with van der Waals surface area (Å²) in [7, 11) is 2.06. The average molecular weight is 290 g/mol. The highest BCUT2D eigenvalue weighted by Gasteiger charge is 2.37. The zero-order chi connectivity index (χ0) is 15.5. The van der Waals surface area contributed by atoms with Crippen molar-refractivity contribution in [3.05, 3.63) is 29.8 Å². The quantitative estimate of drug-likeness (QED) is 0.773. The molecule has 0 spiro atoms. The number of carbonyl (C=O) groups is 1. The largest absolute Gasteiger partial charge is 0.480 e. The summed E-state index contributed by atoms with van der Waals surface area (Å²) >= 11 is 0. The molecule has 0 aromatic heterocycles. The van der Waals surface area contributed by atoms with Crippen molar-refractivity contribution >= 4 is 11.7 Å². The zero-order valence-corrected chi connectivity index (χ0v) is 13.2. The minimum absolute atomic E-state index is 0.403. The molecule has 0 bridgehead atoms. The summed E-state index contributed by atoms with van der Waals surface area (Å²) in [6, 6.07) is 8.78. The van der Waals surface area contributed by atoms with E-state index in [0.29, 0.717) is 12.5 Å². The van der Waals surface area contributed by atoms with Gasteiger partial charge in [-0.05, 0) is 57.2 Å². The minimum Gasteiger partial charge on any atom is -0.480 e. The van der Waals surface area contributed by atoms with Gasteiger partial charge in [-0.15, -0.1) is 0 Å². The molecule has 0 saturated heterocycles. The maximum Gasteiger partial charge on any atom is 0.323 e. The van der Waals surface area contributed by atoms with Crippen LogP contribution in [0.15, 0.2) is 24.3 Å². The lowest BCUT2D eigenvalue weighted by molar-refractivity contribution is -0.144. The van der Waals surface area contributed by atoms with E-state index >= 15 is 0 Å². The molecule has 21 heavy (non-hydrogen) atoms. The van der Waals surface area contributed by atoms with Gasteiger partial charge in [0.15, 0.2) is 0 Å². The highest BCUT2D eigenvalue weighted by Crippen LogP contribution is 2.25. The second kappa shape index (κ2) is 6.48. The molecule has 1 atom stereocenters. The highest BCUT2D eigenvalue weighted by molar-refractivity contribution is 5.78. The lowest BCUT2D eigenvalue weighted by Gasteiger charge is -2.28. The van der Waals surface area contributed by atoms with Crippen molar-refractivity contribution in [2.75, 3.05) is 18.5 Å². The van der Waals surface area contributed by atoms with Gasteiger partial charge in [0.1, 0.15) is 5.54 Å². The van der Waals surface area contributed by atoms with Gasteiger partial charge in [-0.1, -0.05) is 12.1 Å². The fourth-order valence-corrected chi connectivity index (χ4v) is 2.58. The average Bonchev–Trinajstić information content (AvgIpc) is 3.22. The molecule has 1 unspecified atom stereocenters. The van der Waals surface area contributed by atoms with Gasteiger partial charge in [-0.3, -0.25) is 10.1 Å². The number of aryl methyl sites for hydroxylation is 1. The van der Waals surface area contributed by atoms with Crippen LogP contribution in [0.3, 0.4) is 0 Å². The number of anilines is 1. The van der Waals surface area contributed by atoms with Crippen LogP contribution in [0.4, 0.5) is 5.69 Å². The molecule has 4 heteroatoms. The van der Waals surface area contributed by atoms with Crippen LogP contribution in [-0.2, 0) is 4.79 Å². The van der Waals surface area contributed by atoms with Gasteiger partial charge >= 0.3 is 5.97 Å². The van der Waals surface area contributed by atoms with Gasteiger partial charge in [-0.2, -0.15) is 0 Å². The third-order valence-electron chi connectivity index (χ3n) is 4.18. The normalized spacial score (nSPS) is 17.3. The maximum atomic E-state index is 11.5. The molecule has 2 rings (SSSR count).